The van der Waals surface area contributed by atoms with Gasteiger partial charge in [0.1, 0.15) is 5.75 Å². The number of hydrogen-bond acceptors (Lipinski definition) is 3. The van der Waals surface area contributed by atoms with Crippen LogP contribution in [0, 0.1) is 7.14 Å². The second-order valence-electron chi connectivity index (χ2n) is 5.30. The molecule has 0 atom stereocenters. The highest BCUT2D eigenvalue weighted by atomic mass is 127. The van der Waals surface area contributed by atoms with Crippen LogP contribution in [0.2, 0.25) is 10.0 Å². The van der Waals surface area contributed by atoms with Gasteiger partial charge >= 0.3 is 0 Å². The maximum atomic E-state index is 12.1. The second kappa shape index (κ2) is 9.38. The first-order valence-electron chi connectivity index (χ1n) is 7.22. The van der Waals surface area contributed by atoms with Crippen molar-refractivity contribution in [1.82, 2.24) is 5.43 Å². The van der Waals surface area contributed by atoms with Crippen LogP contribution >= 0.6 is 68.4 Å². The molecular formula is C17H14Cl2I2N2O2. The molecule has 1 N–H and O–H groups in total. The van der Waals surface area contributed by atoms with E-state index in [0.717, 1.165) is 18.5 Å². The molecule has 0 unspecified atom stereocenters. The van der Waals surface area contributed by atoms with E-state index in [4.69, 9.17) is 27.9 Å². The molecule has 8 heteroatoms. The Balaban J connectivity index is 2.10. The van der Waals surface area contributed by atoms with Gasteiger partial charge in [-0.3, -0.25) is 4.79 Å². The molecule has 0 aliphatic rings. The zero-order chi connectivity index (χ0) is 18.6. The molecule has 2 aromatic rings. The fourth-order valence-corrected chi connectivity index (χ4v) is 4.47. The van der Waals surface area contributed by atoms with Crippen molar-refractivity contribution in [2.75, 3.05) is 0 Å². The number of carbonyl (C=O) groups excluding carboxylic acids is 1. The Hall–Kier alpha value is -0.580. The van der Waals surface area contributed by atoms with E-state index in [1.807, 2.05) is 26.0 Å². The average Bonchev–Trinajstić information content (AvgIpc) is 2.50. The van der Waals surface area contributed by atoms with Gasteiger partial charge in [-0.2, -0.15) is 5.10 Å². The second-order valence-corrected chi connectivity index (χ2v) is 8.47. The van der Waals surface area contributed by atoms with E-state index in [-0.39, 0.29) is 11.1 Å². The smallest absolute Gasteiger partial charge is 0.272 e. The third-order valence-electron chi connectivity index (χ3n) is 2.93. The third kappa shape index (κ3) is 5.97. The molecule has 4 nitrogen and oxygen atoms in total. The minimum absolute atomic E-state index is 0.102. The van der Waals surface area contributed by atoms with Crippen molar-refractivity contribution in [3.63, 3.8) is 0 Å². The number of hydrogen-bond donors (Lipinski definition) is 1. The SMILES string of the molecule is CC(C)Oc1c(I)cc(C=NNC(=O)c2ccc(Cl)cc2Cl)cc1I. The van der Waals surface area contributed by atoms with E-state index in [1.54, 1.807) is 18.3 Å². The highest BCUT2D eigenvalue weighted by molar-refractivity contribution is 14.1. The number of ether oxygens (including phenoxy) is 1. The van der Waals surface area contributed by atoms with Crippen LogP contribution in [0.4, 0.5) is 0 Å². The van der Waals surface area contributed by atoms with Crippen LogP contribution in [-0.2, 0) is 0 Å². The summed E-state index contributed by atoms with van der Waals surface area (Å²) in [6.07, 6.45) is 1.68. The van der Waals surface area contributed by atoms with Gasteiger partial charge in [-0.25, -0.2) is 5.43 Å². The molecule has 1 amide bonds. The normalized spacial score (nSPS) is 11.2. The average molecular weight is 603 g/mol. The molecule has 2 aromatic carbocycles. The maximum Gasteiger partial charge on any atom is 0.272 e. The van der Waals surface area contributed by atoms with Gasteiger partial charge in [-0.05, 0) is 94.9 Å². The summed E-state index contributed by atoms with van der Waals surface area (Å²) in [7, 11) is 0. The minimum Gasteiger partial charge on any atom is -0.489 e. The van der Waals surface area contributed by atoms with Gasteiger partial charge in [-0.1, -0.05) is 23.2 Å². The molecule has 0 saturated carbocycles. The van der Waals surface area contributed by atoms with Crippen molar-refractivity contribution in [2.45, 2.75) is 20.0 Å². The first-order valence-corrected chi connectivity index (χ1v) is 10.1. The summed E-state index contributed by atoms with van der Waals surface area (Å²) in [5.74, 6) is 0.451. The van der Waals surface area contributed by atoms with E-state index in [9.17, 15) is 4.79 Å². The maximum absolute atomic E-state index is 12.1. The van der Waals surface area contributed by atoms with Crippen LogP contribution in [0.3, 0.4) is 0 Å². The zero-order valence-corrected chi connectivity index (χ0v) is 19.1. The lowest BCUT2D eigenvalue weighted by atomic mass is 10.2. The Morgan fingerprint density at radius 1 is 1.20 bits per heavy atom. The molecule has 0 bridgehead atoms. The fraction of sp³-hybridized carbons (Fsp3) is 0.176. The van der Waals surface area contributed by atoms with Crippen LogP contribution in [0.5, 0.6) is 5.75 Å². The Morgan fingerprint density at radius 2 is 1.84 bits per heavy atom. The van der Waals surface area contributed by atoms with Gasteiger partial charge in [0.15, 0.2) is 0 Å². The summed E-state index contributed by atoms with van der Waals surface area (Å²) >= 11 is 16.3. The molecule has 132 valence electrons. The van der Waals surface area contributed by atoms with Gasteiger partial charge < -0.3 is 4.74 Å². The van der Waals surface area contributed by atoms with E-state index in [1.165, 1.54) is 6.07 Å². The summed E-state index contributed by atoms with van der Waals surface area (Å²) in [6.45, 7) is 3.97. The quantitative estimate of drug-likeness (QED) is 0.269. The summed E-state index contributed by atoms with van der Waals surface area (Å²) in [5.41, 5.74) is 3.63. The molecule has 25 heavy (non-hydrogen) atoms. The molecule has 0 heterocycles. The molecule has 0 saturated heterocycles. The van der Waals surface area contributed by atoms with E-state index >= 15 is 0 Å². The van der Waals surface area contributed by atoms with Crippen molar-refractivity contribution in [2.24, 2.45) is 5.10 Å². The fourth-order valence-electron chi connectivity index (χ4n) is 1.90. The van der Waals surface area contributed by atoms with E-state index < -0.39 is 5.91 Å². The summed E-state index contributed by atoms with van der Waals surface area (Å²) < 4.78 is 7.76. The lowest BCUT2D eigenvalue weighted by Crippen LogP contribution is -2.18. The van der Waals surface area contributed by atoms with E-state index in [0.29, 0.717) is 10.6 Å². The third-order valence-corrected chi connectivity index (χ3v) is 5.08. The zero-order valence-electron chi connectivity index (χ0n) is 13.3. The molecule has 0 aliphatic heterocycles. The number of carbonyl (C=O) groups is 1. The van der Waals surface area contributed by atoms with Gasteiger partial charge in [0, 0.05) is 5.02 Å². The summed E-state index contributed by atoms with van der Waals surface area (Å²) in [6, 6.07) is 8.54. The molecule has 0 spiro atoms. The van der Waals surface area contributed by atoms with E-state index in [2.05, 4.69) is 55.7 Å². The van der Waals surface area contributed by atoms with Gasteiger partial charge in [0.2, 0.25) is 0 Å². The topological polar surface area (TPSA) is 50.7 Å². The highest BCUT2D eigenvalue weighted by Gasteiger charge is 2.11. The number of nitrogens with zero attached hydrogens (tertiary/aromatic N) is 1. The standard InChI is InChI=1S/C17H14Cl2I2N2O2/c1-9(2)25-16-14(20)5-10(6-15(16)21)8-22-23-17(24)12-4-3-11(18)7-13(12)19/h3-9H,1-2H3,(H,23,24). The van der Waals surface area contributed by atoms with Gasteiger partial charge in [0.25, 0.3) is 5.91 Å². The van der Waals surface area contributed by atoms with Crippen molar-refractivity contribution < 1.29 is 9.53 Å². The number of nitrogens with one attached hydrogen (secondary N) is 1. The number of halogens is 4. The lowest BCUT2D eigenvalue weighted by molar-refractivity contribution is 0.0955. The first kappa shape index (κ1) is 20.7. The van der Waals surface area contributed by atoms with Crippen LogP contribution < -0.4 is 10.2 Å². The summed E-state index contributed by atoms with van der Waals surface area (Å²) in [5, 5.41) is 4.74. The lowest BCUT2D eigenvalue weighted by Gasteiger charge is -2.14. The molecule has 0 radical (unpaired) electrons. The minimum atomic E-state index is -0.401. The monoisotopic (exact) mass is 602 g/mol. The Morgan fingerprint density at radius 3 is 2.40 bits per heavy atom. The van der Waals surface area contributed by atoms with Crippen LogP contribution in [0.15, 0.2) is 35.4 Å². The number of benzene rings is 2. The molecule has 0 fully saturated rings. The largest absolute Gasteiger partial charge is 0.489 e. The molecular weight excluding hydrogens is 589 g/mol. The molecule has 2 rings (SSSR count). The van der Waals surface area contributed by atoms with Crippen LogP contribution in [0.1, 0.15) is 29.8 Å². The van der Waals surface area contributed by atoms with Crippen LogP contribution in [0.25, 0.3) is 0 Å². The van der Waals surface area contributed by atoms with Crippen LogP contribution in [-0.4, -0.2) is 18.2 Å². The van der Waals surface area contributed by atoms with Gasteiger partial charge in [0.05, 0.1) is 30.0 Å². The predicted octanol–water partition coefficient (Wildman–Crippen LogP) is 5.75. The van der Waals surface area contributed by atoms with Crippen molar-refractivity contribution in [3.8, 4) is 5.75 Å². The van der Waals surface area contributed by atoms with Crippen molar-refractivity contribution >= 4 is 80.5 Å². The summed E-state index contributed by atoms with van der Waals surface area (Å²) in [4.78, 5) is 12.1. The van der Waals surface area contributed by atoms with Crippen molar-refractivity contribution in [3.05, 3.63) is 58.6 Å². The van der Waals surface area contributed by atoms with Crippen molar-refractivity contribution in [1.29, 1.82) is 0 Å². The highest BCUT2D eigenvalue weighted by Crippen LogP contribution is 2.29. The predicted molar refractivity (Wildman–Crippen MR) is 119 cm³/mol. The first-order chi connectivity index (χ1) is 11.8. The number of rotatable bonds is 5. The Labute approximate surface area is 183 Å². The Bertz CT molecular complexity index is 803. The Kier molecular flexibility index (Phi) is 7.78. The number of hydrazone groups is 1. The molecule has 0 aromatic heterocycles. The van der Waals surface area contributed by atoms with Gasteiger partial charge in [-0.15, -0.1) is 0 Å². The molecule has 0 aliphatic carbocycles. The number of amides is 1.